The van der Waals surface area contributed by atoms with Gasteiger partial charge in [0.2, 0.25) is 0 Å². The smallest absolute Gasteiger partial charge is 0.164 e. The minimum Gasteiger partial charge on any atom is -0.456 e. The monoisotopic (exact) mass is 629 g/mol. The zero-order valence-corrected chi connectivity index (χ0v) is 24.5. The lowest BCUT2D eigenvalue weighted by molar-refractivity contribution is 0.668. The number of rotatable bonds is 4. The van der Waals surface area contributed by atoms with Crippen LogP contribution in [0.3, 0.4) is 0 Å². The molecule has 3 aromatic heterocycles. The van der Waals surface area contributed by atoms with Crippen molar-refractivity contribution in [3.05, 3.63) is 151 Å². The molecule has 3 heterocycles. The van der Waals surface area contributed by atoms with E-state index < -0.39 is 84.6 Å². The van der Waals surface area contributed by atoms with Crippen molar-refractivity contribution >= 4 is 54.6 Å². The Balaban J connectivity index is 1.32. The van der Waals surface area contributed by atoms with Crippen molar-refractivity contribution in [2.24, 2.45) is 0 Å². The van der Waals surface area contributed by atoms with Gasteiger partial charge in [0.1, 0.15) is 22.3 Å². The van der Waals surface area contributed by atoms with Crippen LogP contribution < -0.4 is 0 Å². The molecule has 0 aliphatic heterocycles. The number of fused-ring (bicyclic) bond motifs is 7. The Morgan fingerprint density at radius 3 is 1.54 bits per heavy atom. The van der Waals surface area contributed by atoms with Gasteiger partial charge in [0, 0.05) is 38.2 Å². The van der Waals surface area contributed by atoms with E-state index in [2.05, 4.69) is 0 Å². The lowest BCUT2D eigenvalue weighted by Crippen LogP contribution is -2.00. The van der Waals surface area contributed by atoms with E-state index in [9.17, 15) is 2.74 Å². The van der Waals surface area contributed by atoms with Crippen LogP contribution in [0.25, 0.3) is 99.9 Å². The van der Waals surface area contributed by atoms with E-state index in [0.29, 0.717) is 5.56 Å². The molecule has 0 aliphatic carbocycles. The van der Waals surface area contributed by atoms with E-state index in [4.69, 9.17) is 40.2 Å². The molecule has 0 N–H and O–H groups in total. The number of benzene rings is 7. The molecule has 10 aromatic rings. The van der Waals surface area contributed by atoms with Crippen molar-refractivity contribution in [3.8, 4) is 45.3 Å². The first-order valence-corrected chi connectivity index (χ1v) is 14.8. The van der Waals surface area contributed by atoms with E-state index in [0.717, 1.165) is 21.9 Å². The highest BCUT2D eigenvalue weighted by Crippen LogP contribution is 2.39. The predicted molar refractivity (Wildman–Crippen MR) is 194 cm³/mol. The van der Waals surface area contributed by atoms with Crippen LogP contribution in [-0.2, 0) is 0 Å². The zero-order chi connectivity index (χ0) is 43.8. The molecule has 0 bridgehead atoms. The fraction of sp³-hybridized carbons (Fsp3) is 0. The van der Waals surface area contributed by atoms with Crippen molar-refractivity contribution in [2.45, 2.75) is 0 Å². The van der Waals surface area contributed by atoms with Crippen molar-refractivity contribution in [3.63, 3.8) is 0 Å². The molecule has 5 nitrogen and oxygen atoms in total. The summed E-state index contributed by atoms with van der Waals surface area (Å²) < 4.78 is 133. The first-order chi connectivity index (χ1) is 29.6. The fourth-order valence-corrected chi connectivity index (χ4v) is 5.96. The highest BCUT2D eigenvalue weighted by molar-refractivity contribution is 6.13. The van der Waals surface area contributed by atoms with Crippen LogP contribution in [0, 0.1) is 0 Å². The molecule has 0 unspecified atom stereocenters. The zero-order valence-electron chi connectivity index (χ0n) is 38.5. The molecule has 7 aromatic carbocycles. The third-order valence-electron chi connectivity index (χ3n) is 8.20. The van der Waals surface area contributed by atoms with Gasteiger partial charge >= 0.3 is 0 Å². The normalized spacial score (nSPS) is 15.8. The highest BCUT2D eigenvalue weighted by Gasteiger charge is 2.20. The minimum absolute atomic E-state index is 0.0671. The van der Waals surface area contributed by atoms with Crippen molar-refractivity contribution in [1.29, 1.82) is 0 Å². The molecular weight excluding hydrogens is 590 g/mol. The van der Waals surface area contributed by atoms with Gasteiger partial charge in [-0.15, -0.1) is 0 Å². The Labute approximate surface area is 294 Å². The SMILES string of the molecule is [2H]c1c([2H])c([2H])c2c(oc3c([2H])c([2H])c([2H])c(-c4nc(-c5ccc(-c6ccc7ccccc7c6)cc5)nc(-c5c([2H])c([2H])c([2H])c6oc7c([2H])c([2H])c([2H])c([2H])c7c56)n4)c32)c1[2H]. The first-order valence-electron chi connectivity index (χ1n) is 21.8. The van der Waals surface area contributed by atoms with Gasteiger partial charge < -0.3 is 8.83 Å². The topological polar surface area (TPSA) is 65.0 Å². The molecule has 5 heteroatoms. The summed E-state index contributed by atoms with van der Waals surface area (Å²) in [7, 11) is 0. The van der Waals surface area contributed by atoms with Gasteiger partial charge in [-0.2, -0.15) is 0 Å². The van der Waals surface area contributed by atoms with Gasteiger partial charge in [0.25, 0.3) is 0 Å². The third kappa shape index (κ3) is 4.22. The highest BCUT2D eigenvalue weighted by atomic mass is 16.3. The quantitative estimate of drug-likeness (QED) is 0.194. The number of furan rings is 2. The van der Waals surface area contributed by atoms with Crippen molar-refractivity contribution in [2.75, 3.05) is 0 Å². The van der Waals surface area contributed by atoms with Gasteiger partial charge in [-0.25, -0.2) is 15.0 Å². The largest absolute Gasteiger partial charge is 0.456 e. The Morgan fingerprint density at radius 1 is 0.417 bits per heavy atom. The number of hydrogen-bond acceptors (Lipinski definition) is 5. The number of aromatic nitrogens is 3. The lowest BCUT2D eigenvalue weighted by Gasteiger charge is -2.11. The first kappa shape index (κ1) is 16.3. The maximum absolute atomic E-state index is 9.20. The summed E-state index contributed by atoms with van der Waals surface area (Å²) in [5, 5.41) is 1.39. The van der Waals surface area contributed by atoms with E-state index in [1.807, 2.05) is 54.6 Å². The summed E-state index contributed by atoms with van der Waals surface area (Å²) in [4.78, 5) is 14.2. The maximum atomic E-state index is 9.20. The van der Waals surface area contributed by atoms with E-state index in [1.165, 1.54) is 0 Å². The summed E-state index contributed by atoms with van der Waals surface area (Å²) in [5.74, 6) is -0.778. The van der Waals surface area contributed by atoms with Gasteiger partial charge in [0.15, 0.2) is 17.5 Å². The molecular formula is C43H25N3O2. The second-order valence-corrected chi connectivity index (χ2v) is 11.0. The van der Waals surface area contributed by atoms with Gasteiger partial charge in [-0.05, 0) is 52.1 Å². The minimum atomic E-state index is -0.641. The second kappa shape index (κ2) is 10.5. The summed E-state index contributed by atoms with van der Waals surface area (Å²) in [5.41, 5.74) is 0.269. The van der Waals surface area contributed by atoms with Crippen LogP contribution in [-0.4, -0.2) is 15.0 Å². The van der Waals surface area contributed by atoms with Crippen LogP contribution in [0.4, 0.5) is 0 Å². The molecule has 224 valence electrons. The summed E-state index contributed by atoms with van der Waals surface area (Å²) >= 11 is 0. The average Bonchev–Trinajstić information content (AvgIpc) is 3.88. The lowest BCUT2D eigenvalue weighted by atomic mass is 10.00. The van der Waals surface area contributed by atoms with E-state index in [-0.39, 0.29) is 72.5 Å². The Bertz CT molecular complexity index is 3470. The average molecular weight is 630 g/mol. The molecule has 0 amide bonds. The predicted octanol–water partition coefficient (Wildman–Crippen LogP) is 11.5. The Kier molecular flexibility index (Phi) is 3.56. The molecule has 0 saturated heterocycles. The van der Waals surface area contributed by atoms with Crippen LogP contribution in [0.15, 0.2) is 160 Å². The van der Waals surface area contributed by atoms with Gasteiger partial charge in [-0.1, -0.05) is 121 Å². The van der Waals surface area contributed by atoms with Crippen molar-refractivity contribution < 1.29 is 28.0 Å². The molecule has 0 fully saturated rings. The maximum Gasteiger partial charge on any atom is 0.164 e. The van der Waals surface area contributed by atoms with Crippen LogP contribution in [0.1, 0.15) is 19.2 Å². The summed E-state index contributed by atoms with van der Waals surface area (Å²) in [6, 6.07) is 12.8. The van der Waals surface area contributed by atoms with Crippen LogP contribution in [0.5, 0.6) is 0 Å². The van der Waals surface area contributed by atoms with E-state index in [1.54, 1.807) is 12.1 Å². The summed E-state index contributed by atoms with van der Waals surface area (Å²) in [6.45, 7) is 0. The standard InChI is InChI=1S/C43H25N3O2/c1-2-10-29-25-30(24-21-26(29)9-1)27-19-22-28(23-20-27)41-44-42(33-13-7-17-37-39(33)31-11-3-5-15-35(31)47-37)46-43(45-41)34-14-8-18-38-40(34)32-12-4-6-16-36(32)48-38/h1-25H/i3D,4D,5D,6D,7D,8D,11D,12D,13D,14D,15D,16D,17D,18D. The number of nitrogens with zero attached hydrogens (tertiary/aromatic N) is 3. The number of hydrogen-bond donors (Lipinski definition) is 0. The van der Waals surface area contributed by atoms with Crippen molar-refractivity contribution in [1.82, 2.24) is 15.0 Å². The Morgan fingerprint density at radius 2 is 0.917 bits per heavy atom. The molecule has 0 saturated carbocycles. The number of para-hydroxylation sites is 2. The molecule has 0 radical (unpaired) electrons. The molecule has 0 spiro atoms. The van der Waals surface area contributed by atoms with E-state index >= 15 is 0 Å². The molecule has 0 aliphatic rings. The summed E-state index contributed by atoms with van der Waals surface area (Å²) in [6.07, 6.45) is 0. The van der Waals surface area contributed by atoms with Crippen LogP contribution in [0.2, 0.25) is 0 Å². The molecule has 10 rings (SSSR count). The fourth-order valence-electron chi connectivity index (χ4n) is 5.96. The Hall–Kier alpha value is -6.59. The second-order valence-electron chi connectivity index (χ2n) is 11.0. The van der Waals surface area contributed by atoms with Gasteiger partial charge in [0.05, 0.1) is 19.2 Å². The molecule has 48 heavy (non-hydrogen) atoms. The van der Waals surface area contributed by atoms with Crippen LogP contribution >= 0.6 is 0 Å². The van der Waals surface area contributed by atoms with Gasteiger partial charge in [-0.3, -0.25) is 0 Å². The molecule has 0 atom stereocenters. The third-order valence-corrected chi connectivity index (χ3v) is 8.20.